The number of nitrogens with one attached hydrogen (secondary N) is 2. The first-order valence-electron chi connectivity index (χ1n) is 6.27. The fourth-order valence-electron chi connectivity index (χ4n) is 1.41. The lowest BCUT2D eigenvalue weighted by Gasteiger charge is -2.38. The number of carbonyl (C=O) groups excluding carboxylic acids is 1. The lowest BCUT2D eigenvalue weighted by molar-refractivity contribution is -0.150. The van der Waals surface area contributed by atoms with Crippen LogP contribution in [0.25, 0.3) is 0 Å². The van der Waals surface area contributed by atoms with Gasteiger partial charge in [0, 0.05) is 11.1 Å². The summed E-state index contributed by atoms with van der Waals surface area (Å²) in [5.41, 5.74) is -1.96. The summed E-state index contributed by atoms with van der Waals surface area (Å²) < 4.78 is 0. The molecule has 1 rings (SSSR count). The van der Waals surface area contributed by atoms with Crippen molar-refractivity contribution in [1.82, 2.24) is 15.6 Å². The molecule has 0 radical (unpaired) electrons. The van der Waals surface area contributed by atoms with Crippen molar-refractivity contribution in [3.8, 4) is 0 Å². The van der Waals surface area contributed by atoms with Gasteiger partial charge in [-0.2, -0.15) is 0 Å². The molecule has 1 aromatic heterocycles. The van der Waals surface area contributed by atoms with Crippen molar-refractivity contribution in [1.29, 1.82) is 0 Å². The van der Waals surface area contributed by atoms with Gasteiger partial charge in [-0.1, -0.05) is 0 Å². The molecule has 0 aromatic carbocycles. The van der Waals surface area contributed by atoms with E-state index < -0.39 is 23.0 Å². The molecule has 3 N–H and O–H groups in total. The molecule has 0 aliphatic carbocycles. The van der Waals surface area contributed by atoms with Crippen molar-refractivity contribution < 1.29 is 14.7 Å². The maximum absolute atomic E-state index is 11.9. The molecule has 0 aliphatic rings. The van der Waals surface area contributed by atoms with E-state index in [1.54, 1.807) is 33.9 Å². The zero-order valence-electron chi connectivity index (χ0n) is 12.4. The third kappa shape index (κ3) is 3.69. The van der Waals surface area contributed by atoms with E-state index in [1.807, 2.05) is 6.92 Å². The van der Waals surface area contributed by atoms with Gasteiger partial charge in [-0.05, 0) is 34.6 Å². The van der Waals surface area contributed by atoms with E-state index in [4.69, 9.17) is 0 Å². The van der Waals surface area contributed by atoms with Gasteiger partial charge in [0.1, 0.15) is 0 Å². The van der Waals surface area contributed by atoms with Crippen LogP contribution in [-0.2, 0) is 11.3 Å². The number of rotatable bonds is 5. The lowest BCUT2D eigenvalue weighted by atomic mass is 9.74. The summed E-state index contributed by atoms with van der Waals surface area (Å²) in [6, 6.07) is -0.393. The molecule has 0 unspecified atom stereocenters. The van der Waals surface area contributed by atoms with E-state index in [0.29, 0.717) is 6.54 Å². The highest BCUT2D eigenvalue weighted by molar-refractivity contribution is 7.11. The molecule has 7 heteroatoms. The molecule has 0 bridgehead atoms. The summed E-state index contributed by atoms with van der Waals surface area (Å²) in [4.78, 5) is 28.2. The molecular formula is C13H21N3O3S. The molecular weight excluding hydrogens is 278 g/mol. The largest absolute Gasteiger partial charge is 0.481 e. The molecule has 112 valence electrons. The molecule has 0 saturated heterocycles. The van der Waals surface area contributed by atoms with Gasteiger partial charge in [0.25, 0.3) is 0 Å². The number of carboxylic acid groups (broad SMARTS) is 1. The minimum absolute atomic E-state index is 0.376. The molecule has 0 fully saturated rings. The average Bonchev–Trinajstić information content (AvgIpc) is 2.71. The van der Waals surface area contributed by atoms with Crippen LogP contribution in [0, 0.1) is 12.3 Å². The Morgan fingerprint density at radius 1 is 1.35 bits per heavy atom. The van der Waals surface area contributed by atoms with Crippen molar-refractivity contribution in [2.24, 2.45) is 5.41 Å². The lowest BCUT2D eigenvalue weighted by Crippen LogP contribution is -2.58. The Labute approximate surface area is 122 Å². The van der Waals surface area contributed by atoms with Crippen LogP contribution in [0.15, 0.2) is 6.20 Å². The molecule has 0 saturated carbocycles. The highest BCUT2D eigenvalue weighted by Gasteiger charge is 2.44. The number of nitrogens with zero attached hydrogens (tertiary/aromatic N) is 1. The van der Waals surface area contributed by atoms with E-state index in [0.717, 1.165) is 9.88 Å². The molecule has 0 spiro atoms. The summed E-state index contributed by atoms with van der Waals surface area (Å²) in [7, 11) is 0. The summed E-state index contributed by atoms with van der Waals surface area (Å²) >= 11 is 1.51. The van der Waals surface area contributed by atoms with E-state index in [9.17, 15) is 14.7 Å². The van der Waals surface area contributed by atoms with Gasteiger partial charge in [-0.15, -0.1) is 11.3 Å². The SMILES string of the molecule is Cc1ncc(CNC(=O)NC(C)(C)C(C)(C)C(=O)O)s1. The Hall–Kier alpha value is -1.63. The first-order valence-corrected chi connectivity index (χ1v) is 7.08. The Bertz CT molecular complexity index is 509. The van der Waals surface area contributed by atoms with Crippen molar-refractivity contribution in [3.05, 3.63) is 16.1 Å². The number of hydrogen-bond donors (Lipinski definition) is 3. The Morgan fingerprint density at radius 3 is 2.40 bits per heavy atom. The molecule has 0 atom stereocenters. The molecule has 1 heterocycles. The van der Waals surface area contributed by atoms with Crippen LogP contribution in [0.3, 0.4) is 0 Å². The van der Waals surface area contributed by atoms with Crippen LogP contribution in [-0.4, -0.2) is 27.6 Å². The normalized spacial score (nSPS) is 12.1. The van der Waals surface area contributed by atoms with Crippen LogP contribution in [0.2, 0.25) is 0 Å². The number of urea groups is 1. The predicted octanol–water partition coefficient (Wildman–Crippen LogP) is 2.14. The van der Waals surface area contributed by atoms with Crippen LogP contribution in [0.5, 0.6) is 0 Å². The Balaban J connectivity index is 2.59. The molecule has 6 nitrogen and oxygen atoms in total. The second-order valence-electron chi connectivity index (χ2n) is 5.71. The predicted molar refractivity (Wildman–Crippen MR) is 77.7 cm³/mol. The molecule has 1 aromatic rings. The third-order valence-electron chi connectivity index (χ3n) is 3.62. The number of thiazole rings is 1. The van der Waals surface area contributed by atoms with Crippen molar-refractivity contribution >= 4 is 23.3 Å². The Kier molecular flexibility index (Phi) is 4.75. The van der Waals surface area contributed by atoms with Gasteiger partial charge in [0.15, 0.2) is 0 Å². The number of hydrogen-bond acceptors (Lipinski definition) is 4. The average molecular weight is 299 g/mol. The van der Waals surface area contributed by atoms with Gasteiger partial charge in [-0.3, -0.25) is 4.79 Å². The maximum Gasteiger partial charge on any atom is 0.315 e. The van der Waals surface area contributed by atoms with Gasteiger partial charge < -0.3 is 15.7 Å². The van der Waals surface area contributed by atoms with Crippen LogP contribution in [0.4, 0.5) is 4.79 Å². The van der Waals surface area contributed by atoms with Crippen molar-refractivity contribution in [2.45, 2.75) is 46.7 Å². The van der Waals surface area contributed by atoms with E-state index in [-0.39, 0.29) is 0 Å². The second kappa shape index (κ2) is 5.78. The standard InChI is InChI=1S/C13H21N3O3S/c1-8-14-6-9(20-8)7-15-11(19)16-13(4,5)12(2,3)10(17)18/h6H,7H2,1-5H3,(H,17,18)(H2,15,16,19). The van der Waals surface area contributed by atoms with Crippen molar-refractivity contribution in [3.63, 3.8) is 0 Å². The van der Waals surface area contributed by atoms with Gasteiger partial charge in [-0.25, -0.2) is 9.78 Å². The number of aryl methyl sites for hydroxylation is 1. The third-order valence-corrected chi connectivity index (χ3v) is 4.53. The summed E-state index contributed by atoms with van der Waals surface area (Å²) in [5, 5.41) is 15.6. The van der Waals surface area contributed by atoms with Crippen LogP contribution in [0.1, 0.15) is 37.6 Å². The number of carbonyl (C=O) groups is 2. The van der Waals surface area contributed by atoms with Gasteiger partial charge >= 0.3 is 12.0 Å². The Morgan fingerprint density at radius 2 is 1.95 bits per heavy atom. The summed E-state index contributed by atoms with van der Waals surface area (Å²) in [6.07, 6.45) is 1.71. The van der Waals surface area contributed by atoms with Gasteiger partial charge in [0.05, 0.1) is 22.5 Å². The second-order valence-corrected chi connectivity index (χ2v) is 7.03. The van der Waals surface area contributed by atoms with E-state index in [1.165, 1.54) is 11.3 Å². The highest BCUT2D eigenvalue weighted by Crippen LogP contribution is 2.30. The number of carboxylic acids is 1. The minimum Gasteiger partial charge on any atom is -0.481 e. The van der Waals surface area contributed by atoms with Crippen molar-refractivity contribution in [2.75, 3.05) is 0 Å². The van der Waals surface area contributed by atoms with Crippen LogP contribution < -0.4 is 10.6 Å². The highest BCUT2D eigenvalue weighted by atomic mass is 32.1. The smallest absolute Gasteiger partial charge is 0.315 e. The fourth-order valence-corrected chi connectivity index (χ4v) is 2.14. The first-order chi connectivity index (χ1) is 9.06. The number of aliphatic carboxylic acids is 1. The monoisotopic (exact) mass is 299 g/mol. The molecule has 0 aliphatic heterocycles. The van der Waals surface area contributed by atoms with E-state index >= 15 is 0 Å². The summed E-state index contributed by atoms with van der Waals surface area (Å²) in [5.74, 6) is -0.958. The molecule has 2 amide bonds. The number of amides is 2. The minimum atomic E-state index is -1.08. The zero-order valence-corrected chi connectivity index (χ0v) is 13.2. The van der Waals surface area contributed by atoms with Crippen LogP contribution >= 0.6 is 11.3 Å². The number of aromatic nitrogens is 1. The molecule has 20 heavy (non-hydrogen) atoms. The zero-order chi connectivity index (χ0) is 15.6. The van der Waals surface area contributed by atoms with E-state index in [2.05, 4.69) is 15.6 Å². The van der Waals surface area contributed by atoms with Gasteiger partial charge in [0.2, 0.25) is 0 Å². The quantitative estimate of drug-likeness (QED) is 0.777. The first kappa shape index (κ1) is 16.4. The maximum atomic E-state index is 11.9. The summed E-state index contributed by atoms with van der Waals surface area (Å²) in [6.45, 7) is 8.83. The fraction of sp³-hybridized carbons (Fsp3) is 0.615. The topological polar surface area (TPSA) is 91.3 Å².